The smallest absolute Gasteiger partial charge is 0.162 e. The maximum Gasteiger partial charge on any atom is 0.162 e. The molecule has 67 heavy (non-hydrogen) atoms. The van der Waals surface area contributed by atoms with Gasteiger partial charge < -0.3 is 9.13 Å². The number of hydrogen-bond donors (Lipinski definition) is 0. The van der Waals surface area contributed by atoms with Crippen LogP contribution in [0.4, 0.5) is 0 Å². The predicted molar refractivity (Wildman–Crippen MR) is 279 cm³/mol. The Labute approximate surface area is 385 Å². The molecule has 0 aliphatic heterocycles. The summed E-state index contributed by atoms with van der Waals surface area (Å²) in [6, 6.07) is 85.2. The Kier molecular flexibility index (Phi) is 8.21. The van der Waals surface area contributed by atoms with Crippen molar-refractivity contribution in [3.63, 3.8) is 0 Å². The third-order valence-electron chi connectivity index (χ3n) is 13.6. The first kappa shape index (κ1) is 37.3. The fourth-order valence-electron chi connectivity index (χ4n) is 10.6. The highest BCUT2D eigenvalue weighted by atomic mass is 15.1. The van der Waals surface area contributed by atoms with Gasteiger partial charge in [-0.1, -0.05) is 140 Å². The second-order valence-electron chi connectivity index (χ2n) is 17.4. The molecule has 0 spiro atoms. The summed E-state index contributed by atoms with van der Waals surface area (Å²) < 4.78 is 7.10. The number of rotatable bonds is 6. The number of para-hydroxylation sites is 5. The molecule has 0 bridgehead atoms. The lowest BCUT2D eigenvalue weighted by atomic mass is 9.98. The molecule has 4 heterocycles. The van der Waals surface area contributed by atoms with E-state index in [1.165, 1.54) is 54.7 Å². The predicted octanol–water partition coefficient (Wildman–Crippen LogP) is 15.9. The Morgan fingerprint density at radius 3 is 1.07 bits per heavy atom. The second kappa shape index (κ2) is 14.7. The molecule has 312 valence electrons. The molecular formula is C62H39N5. The van der Waals surface area contributed by atoms with E-state index < -0.39 is 0 Å². The standard InChI is InChI=1S/C62H39N5/c1-4-16-40(17-5-1)61-63-54-25-13-10-24-49(54)62(64-61)67-59-34-30-43(41-28-32-57-50(36-41)47-22-11-14-26-55(47)65(57)45-18-6-2-7-19-45)38-52(59)53-39-44(31-35-60(53)67)42-29-33-58-51(37-42)48-23-12-15-27-56(48)66(58)46-20-8-3-9-21-46/h1-39H. The normalized spacial score (nSPS) is 11.9. The molecular weight excluding hydrogens is 815 g/mol. The molecule has 0 fully saturated rings. The van der Waals surface area contributed by atoms with Crippen LogP contribution in [0, 0.1) is 0 Å². The van der Waals surface area contributed by atoms with Gasteiger partial charge in [0.2, 0.25) is 0 Å². The third kappa shape index (κ3) is 5.81. The van der Waals surface area contributed by atoms with Crippen molar-refractivity contribution in [2.24, 2.45) is 0 Å². The topological polar surface area (TPSA) is 40.6 Å². The van der Waals surface area contributed by atoms with Crippen LogP contribution in [-0.4, -0.2) is 23.7 Å². The summed E-state index contributed by atoms with van der Waals surface area (Å²) >= 11 is 0. The molecule has 5 heteroatoms. The van der Waals surface area contributed by atoms with Gasteiger partial charge in [0.05, 0.1) is 38.6 Å². The number of fused-ring (bicyclic) bond motifs is 10. The fourth-order valence-corrected chi connectivity index (χ4v) is 10.6. The molecule has 5 nitrogen and oxygen atoms in total. The summed E-state index contributed by atoms with van der Waals surface area (Å²) in [5.41, 5.74) is 15.8. The van der Waals surface area contributed by atoms with E-state index in [9.17, 15) is 0 Å². The number of benzene rings is 10. The van der Waals surface area contributed by atoms with Crippen LogP contribution in [0.15, 0.2) is 237 Å². The molecule has 0 saturated heterocycles. The third-order valence-corrected chi connectivity index (χ3v) is 13.6. The average Bonchev–Trinajstić information content (AvgIpc) is 4.03. The van der Waals surface area contributed by atoms with Crippen molar-refractivity contribution < 1.29 is 0 Å². The first-order valence-electron chi connectivity index (χ1n) is 22.8. The lowest BCUT2D eigenvalue weighted by molar-refractivity contribution is 1.08. The van der Waals surface area contributed by atoms with Crippen molar-refractivity contribution in [3.05, 3.63) is 237 Å². The zero-order chi connectivity index (χ0) is 44.0. The Balaban J connectivity index is 1.01. The monoisotopic (exact) mass is 853 g/mol. The van der Waals surface area contributed by atoms with E-state index >= 15 is 0 Å². The largest absolute Gasteiger partial charge is 0.309 e. The van der Waals surface area contributed by atoms with Gasteiger partial charge in [0, 0.05) is 54.6 Å². The van der Waals surface area contributed by atoms with Crippen LogP contribution < -0.4 is 0 Å². The van der Waals surface area contributed by atoms with Crippen molar-refractivity contribution in [2.75, 3.05) is 0 Å². The Morgan fingerprint density at radius 1 is 0.239 bits per heavy atom. The Hall–Kier alpha value is -9.06. The van der Waals surface area contributed by atoms with Crippen molar-refractivity contribution in [1.29, 1.82) is 0 Å². The molecule has 0 saturated carbocycles. The van der Waals surface area contributed by atoms with E-state index in [1.54, 1.807) is 0 Å². The van der Waals surface area contributed by atoms with Crippen LogP contribution in [-0.2, 0) is 0 Å². The minimum absolute atomic E-state index is 0.698. The van der Waals surface area contributed by atoms with Crippen molar-refractivity contribution >= 4 is 76.3 Å². The Morgan fingerprint density at radius 2 is 0.597 bits per heavy atom. The minimum atomic E-state index is 0.698. The second-order valence-corrected chi connectivity index (χ2v) is 17.4. The fraction of sp³-hybridized carbons (Fsp3) is 0. The maximum absolute atomic E-state index is 5.40. The van der Waals surface area contributed by atoms with Gasteiger partial charge in [0.15, 0.2) is 5.82 Å². The van der Waals surface area contributed by atoms with Crippen molar-refractivity contribution in [2.45, 2.75) is 0 Å². The summed E-state index contributed by atoms with van der Waals surface area (Å²) in [5.74, 6) is 1.55. The van der Waals surface area contributed by atoms with Gasteiger partial charge >= 0.3 is 0 Å². The molecule has 0 atom stereocenters. The van der Waals surface area contributed by atoms with Crippen LogP contribution in [0.2, 0.25) is 0 Å². The highest BCUT2D eigenvalue weighted by Crippen LogP contribution is 2.42. The molecule has 0 aliphatic rings. The van der Waals surface area contributed by atoms with Crippen LogP contribution in [0.25, 0.3) is 127 Å². The molecule has 0 radical (unpaired) electrons. The summed E-state index contributed by atoms with van der Waals surface area (Å²) in [4.78, 5) is 10.5. The first-order valence-corrected chi connectivity index (χ1v) is 22.8. The molecule has 0 unspecified atom stereocenters. The number of aromatic nitrogens is 5. The van der Waals surface area contributed by atoms with Gasteiger partial charge in [0.25, 0.3) is 0 Å². The molecule has 0 aliphatic carbocycles. The zero-order valence-corrected chi connectivity index (χ0v) is 36.3. The average molecular weight is 854 g/mol. The molecule has 4 aromatic heterocycles. The van der Waals surface area contributed by atoms with Crippen molar-refractivity contribution in [1.82, 2.24) is 23.7 Å². The van der Waals surface area contributed by atoms with E-state index in [2.05, 4.69) is 232 Å². The minimum Gasteiger partial charge on any atom is -0.309 e. The van der Waals surface area contributed by atoms with E-state index in [1.807, 2.05) is 18.2 Å². The van der Waals surface area contributed by atoms with Gasteiger partial charge in [-0.2, -0.15) is 0 Å². The number of hydrogen-bond acceptors (Lipinski definition) is 2. The van der Waals surface area contributed by atoms with Crippen LogP contribution in [0.1, 0.15) is 0 Å². The van der Waals surface area contributed by atoms with Crippen LogP contribution in [0.5, 0.6) is 0 Å². The van der Waals surface area contributed by atoms with E-state index in [4.69, 9.17) is 9.97 Å². The SMILES string of the molecule is c1ccc(-c2nc(-n3c4ccc(-c5ccc6c(c5)c5ccccc5n6-c5ccccc5)cc4c4cc(-c5ccc6c(c5)c5ccccc5n6-c5ccccc5)ccc43)c3ccccc3n2)cc1. The highest BCUT2D eigenvalue weighted by molar-refractivity contribution is 6.15. The number of nitrogens with zero attached hydrogens (tertiary/aromatic N) is 5. The summed E-state index contributed by atoms with van der Waals surface area (Å²) in [6.07, 6.45) is 0. The van der Waals surface area contributed by atoms with Crippen molar-refractivity contribution in [3.8, 4) is 50.8 Å². The quantitative estimate of drug-likeness (QED) is 0.167. The lowest BCUT2D eigenvalue weighted by Gasteiger charge is -2.13. The summed E-state index contributed by atoms with van der Waals surface area (Å²) in [7, 11) is 0. The van der Waals surface area contributed by atoms with E-state index in [-0.39, 0.29) is 0 Å². The molecule has 0 amide bonds. The van der Waals surface area contributed by atoms with Crippen LogP contribution >= 0.6 is 0 Å². The van der Waals surface area contributed by atoms with Crippen LogP contribution in [0.3, 0.4) is 0 Å². The van der Waals surface area contributed by atoms with Gasteiger partial charge in [-0.15, -0.1) is 0 Å². The summed E-state index contributed by atoms with van der Waals surface area (Å²) in [6.45, 7) is 0. The Bertz CT molecular complexity index is 4040. The van der Waals surface area contributed by atoms with Gasteiger partial charge in [-0.3, -0.25) is 4.57 Å². The maximum atomic E-state index is 5.40. The van der Waals surface area contributed by atoms with E-state index in [0.29, 0.717) is 5.82 Å². The first-order chi connectivity index (χ1) is 33.2. The zero-order valence-electron chi connectivity index (χ0n) is 36.3. The van der Waals surface area contributed by atoms with E-state index in [0.717, 1.165) is 66.6 Å². The lowest BCUT2D eigenvalue weighted by Crippen LogP contribution is -2.02. The van der Waals surface area contributed by atoms with Gasteiger partial charge in [-0.05, 0) is 119 Å². The highest BCUT2D eigenvalue weighted by Gasteiger charge is 2.21. The van der Waals surface area contributed by atoms with Gasteiger partial charge in [-0.25, -0.2) is 9.97 Å². The van der Waals surface area contributed by atoms with Gasteiger partial charge in [0.1, 0.15) is 5.82 Å². The molecule has 14 aromatic rings. The molecule has 0 N–H and O–H groups in total. The molecule has 10 aromatic carbocycles. The summed E-state index contributed by atoms with van der Waals surface area (Å²) in [5, 5.41) is 8.24. The molecule has 14 rings (SSSR count).